The van der Waals surface area contributed by atoms with E-state index in [0.29, 0.717) is 5.92 Å². The minimum absolute atomic E-state index is 0.235. The first-order valence-corrected chi connectivity index (χ1v) is 7.06. The van der Waals surface area contributed by atoms with Crippen molar-refractivity contribution in [3.05, 3.63) is 36.3 Å². The molecular weight excluding hydrogens is 255 g/mol. The summed E-state index contributed by atoms with van der Waals surface area (Å²) in [5.41, 5.74) is 1.88. The van der Waals surface area contributed by atoms with Crippen LogP contribution in [0.1, 0.15) is 12.8 Å². The van der Waals surface area contributed by atoms with Gasteiger partial charge in [0.05, 0.1) is 5.52 Å². The normalized spacial score (nSPS) is 16.8. The smallest absolute Gasteiger partial charge is 0.125 e. The second-order valence-corrected chi connectivity index (χ2v) is 5.38. The molecule has 1 aliphatic heterocycles. The maximum absolute atomic E-state index is 13.3. The lowest BCUT2D eigenvalue weighted by Gasteiger charge is -2.33. The fourth-order valence-corrected chi connectivity index (χ4v) is 2.96. The number of pyridine rings is 1. The number of anilines is 1. The van der Waals surface area contributed by atoms with Crippen molar-refractivity contribution in [2.75, 3.05) is 31.7 Å². The summed E-state index contributed by atoms with van der Waals surface area (Å²) in [6, 6.07) is 6.85. The Bertz CT molecular complexity index is 594. The van der Waals surface area contributed by atoms with Crippen LogP contribution in [0, 0.1) is 11.7 Å². The summed E-state index contributed by atoms with van der Waals surface area (Å²) in [6.07, 6.45) is 4.04. The highest BCUT2D eigenvalue weighted by Crippen LogP contribution is 2.29. The van der Waals surface area contributed by atoms with Crippen molar-refractivity contribution in [1.29, 1.82) is 0 Å². The molecule has 1 saturated heterocycles. The van der Waals surface area contributed by atoms with Crippen LogP contribution >= 0.6 is 0 Å². The number of rotatable bonds is 3. The molecule has 1 fully saturated rings. The first kappa shape index (κ1) is 13.3. The zero-order valence-electron chi connectivity index (χ0n) is 11.7. The van der Waals surface area contributed by atoms with Gasteiger partial charge in [-0.15, -0.1) is 0 Å². The molecule has 3 rings (SSSR count). The molecule has 0 saturated carbocycles. The average Bonchev–Trinajstić information content (AvgIpc) is 2.47. The summed E-state index contributed by atoms with van der Waals surface area (Å²) in [5.74, 6) is 0.419. The molecule has 0 atom stereocenters. The van der Waals surface area contributed by atoms with Crippen molar-refractivity contribution in [2.24, 2.45) is 5.92 Å². The molecule has 1 aromatic carbocycles. The summed E-state index contributed by atoms with van der Waals surface area (Å²) in [6.45, 7) is 2.88. The molecule has 0 unspecified atom stereocenters. The van der Waals surface area contributed by atoms with Gasteiger partial charge in [-0.05, 0) is 37.0 Å². The van der Waals surface area contributed by atoms with E-state index in [1.54, 1.807) is 13.3 Å². The van der Waals surface area contributed by atoms with E-state index >= 15 is 0 Å². The highest BCUT2D eigenvalue weighted by molar-refractivity contribution is 5.91. The fraction of sp³-hybridized carbons (Fsp3) is 0.438. The molecule has 0 N–H and O–H groups in total. The number of piperidine rings is 1. The molecule has 0 bridgehead atoms. The minimum atomic E-state index is -0.235. The van der Waals surface area contributed by atoms with E-state index in [-0.39, 0.29) is 5.82 Å². The molecule has 1 aliphatic rings. The van der Waals surface area contributed by atoms with Gasteiger partial charge in [-0.2, -0.15) is 0 Å². The monoisotopic (exact) mass is 274 g/mol. The van der Waals surface area contributed by atoms with Crippen LogP contribution < -0.4 is 4.90 Å². The quantitative estimate of drug-likeness (QED) is 0.859. The third-order valence-electron chi connectivity index (χ3n) is 4.04. The molecule has 0 amide bonds. The van der Waals surface area contributed by atoms with Crippen LogP contribution in [0.2, 0.25) is 0 Å². The number of halogens is 1. The molecular formula is C16H19FN2O. The summed E-state index contributed by atoms with van der Waals surface area (Å²) < 4.78 is 18.5. The number of hydrogen-bond donors (Lipinski definition) is 0. The zero-order chi connectivity index (χ0) is 13.9. The van der Waals surface area contributed by atoms with Gasteiger partial charge in [-0.25, -0.2) is 4.39 Å². The Labute approximate surface area is 118 Å². The van der Waals surface area contributed by atoms with E-state index < -0.39 is 0 Å². The molecule has 20 heavy (non-hydrogen) atoms. The van der Waals surface area contributed by atoms with Crippen molar-refractivity contribution in [2.45, 2.75) is 12.8 Å². The van der Waals surface area contributed by atoms with Crippen LogP contribution in [0.3, 0.4) is 0 Å². The number of fused-ring (bicyclic) bond motifs is 1. The molecule has 3 nitrogen and oxygen atoms in total. The number of methoxy groups -OCH3 is 1. The lowest BCUT2D eigenvalue weighted by atomic mass is 9.97. The maximum Gasteiger partial charge on any atom is 0.125 e. The third kappa shape index (κ3) is 2.61. The lowest BCUT2D eigenvalue weighted by molar-refractivity contribution is 0.139. The summed E-state index contributed by atoms with van der Waals surface area (Å²) in [4.78, 5) is 6.62. The van der Waals surface area contributed by atoms with Crippen LogP contribution in [0.5, 0.6) is 0 Å². The SMILES string of the molecule is COCC1CCN(c2ccnc3cc(F)ccc23)CC1. The fourth-order valence-electron chi connectivity index (χ4n) is 2.96. The van der Waals surface area contributed by atoms with Gasteiger partial charge in [0.25, 0.3) is 0 Å². The van der Waals surface area contributed by atoms with Crippen molar-refractivity contribution < 1.29 is 9.13 Å². The first-order valence-electron chi connectivity index (χ1n) is 7.06. The van der Waals surface area contributed by atoms with Gasteiger partial charge in [0, 0.05) is 50.1 Å². The predicted molar refractivity (Wildman–Crippen MR) is 78.5 cm³/mol. The Morgan fingerprint density at radius 2 is 2.10 bits per heavy atom. The van der Waals surface area contributed by atoms with Gasteiger partial charge in [0.15, 0.2) is 0 Å². The number of ether oxygens (including phenoxy) is 1. The maximum atomic E-state index is 13.3. The van der Waals surface area contributed by atoms with Crippen LogP contribution in [0.15, 0.2) is 30.5 Å². The summed E-state index contributed by atoms with van der Waals surface area (Å²) in [7, 11) is 1.76. The van der Waals surface area contributed by atoms with Gasteiger partial charge in [0.2, 0.25) is 0 Å². The number of nitrogens with zero attached hydrogens (tertiary/aromatic N) is 2. The van der Waals surface area contributed by atoms with Gasteiger partial charge in [0.1, 0.15) is 5.82 Å². The second-order valence-electron chi connectivity index (χ2n) is 5.38. The van der Waals surface area contributed by atoms with Crippen molar-refractivity contribution in [3.8, 4) is 0 Å². The van der Waals surface area contributed by atoms with E-state index in [9.17, 15) is 4.39 Å². The van der Waals surface area contributed by atoms with E-state index in [4.69, 9.17) is 4.74 Å². The van der Waals surface area contributed by atoms with Crippen LogP contribution in [-0.2, 0) is 4.74 Å². The van der Waals surface area contributed by atoms with E-state index in [2.05, 4.69) is 9.88 Å². The zero-order valence-corrected chi connectivity index (χ0v) is 11.7. The lowest BCUT2D eigenvalue weighted by Crippen LogP contribution is -2.35. The van der Waals surface area contributed by atoms with Gasteiger partial charge in [-0.3, -0.25) is 4.98 Å². The minimum Gasteiger partial charge on any atom is -0.384 e. The molecule has 106 valence electrons. The predicted octanol–water partition coefficient (Wildman–Crippen LogP) is 3.24. The van der Waals surface area contributed by atoms with Crippen molar-refractivity contribution in [1.82, 2.24) is 4.98 Å². The molecule has 1 aromatic heterocycles. The standard InChI is InChI=1S/C16H19FN2O/c1-20-11-12-5-8-19(9-6-12)16-4-7-18-15-10-13(17)2-3-14(15)16/h2-4,7,10,12H,5-6,8-9,11H2,1H3. The number of benzene rings is 1. The topological polar surface area (TPSA) is 25.4 Å². The molecule has 0 spiro atoms. The second kappa shape index (κ2) is 5.75. The summed E-state index contributed by atoms with van der Waals surface area (Å²) in [5, 5.41) is 1.03. The highest BCUT2D eigenvalue weighted by Gasteiger charge is 2.20. The highest BCUT2D eigenvalue weighted by atomic mass is 19.1. The van der Waals surface area contributed by atoms with Gasteiger partial charge >= 0.3 is 0 Å². The van der Waals surface area contributed by atoms with E-state index in [1.165, 1.54) is 12.1 Å². The Morgan fingerprint density at radius 1 is 1.30 bits per heavy atom. The average molecular weight is 274 g/mol. The largest absolute Gasteiger partial charge is 0.384 e. The molecule has 2 aromatic rings. The number of aromatic nitrogens is 1. The van der Waals surface area contributed by atoms with Gasteiger partial charge in [-0.1, -0.05) is 0 Å². The third-order valence-corrected chi connectivity index (χ3v) is 4.04. The molecule has 0 radical (unpaired) electrons. The van der Waals surface area contributed by atoms with Crippen LogP contribution in [0.4, 0.5) is 10.1 Å². The Morgan fingerprint density at radius 3 is 2.85 bits per heavy atom. The van der Waals surface area contributed by atoms with Gasteiger partial charge < -0.3 is 9.64 Å². The Hall–Kier alpha value is -1.68. The first-order chi connectivity index (χ1) is 9.78. The molecule has 0 aliphatic carbocycles. The van der Waals surface area contributed by atoms with Crippen LogP contribution in [0.25, 0.3) is 10.9 Å². The Balaban J connectivity index is 1.84. The van der Waals surface area contributed by atoms with Crippen molar-refractivity contribution in [3.63, 3.8) is 0 Å². The van der Waals surface area contributed by atoms with E-state index in [1.807, 2.05) is 12.1 Å². The Kier molecular flexibility index (Phi) is 3.83. The molecule has 2 heterocycles. The van der Waals surface area contributed by atoms with Crippen LogP contribution in [-0.4, -0.2) is 31.8 Å². The van der Waals surface area contributed by atoms with Crippen molar-refractivity contribution >= 4 is 16.6 Å². The summed E-state index contributed by atoms with van der Waals surface area (Å²) >= 11 is 0. The molecule has 4 heteroatoms. The van der Waals surface area contributed by atoms with E-state index in [0.717, 1.165) is 49.1 Å². The number of hydrogen-bond acceptors (Lipinski definition) is 3.